The molecule has 1 aromatic carbocycles. The topological polar surface area (TPSA) is 71.0 Å². The molecule has 0 spiro atoms. The van der Waals surface area contributed by atoms with Gasteiger partial charge >= 0.3 is 0 Å². The number of carbonyl (C=O) groups is 1. The molecule has 0 saturated heterocycles. The van der Waals surface area contributed by atoms with Crippen LogP contribution < -0.4 is 10.2 Å². The van der Waals surface area contributed by atoms with Gasteiger partial charge in [0.25, 0.3) is 5.91 Å². The van der Waals surface area contributed by atoms with Gasteiger partial charge < -0.3 is 10.2 Å². The number of amides is 1. The number of halogens is 1. The Morgan fingerprint density at radius 3 is 2.53 bits per heavy atom. The first-order valence-electron chi connectivity index (χ1n) is 9.77. The Morgan fingerprint density at radius 1 is 1.10 bits per heavy atom. The molecule has 0 saturated carbocycles. The first-order valence-corrected chi connectivity index (χ1v) is 11.1. The van der Waals surface area contributed by atoms with Crippen molar-refractivity contribution in [1.29, 1.82) is 0 Å². The monoisotopic (exact) mass is 441 g/mol. The Bertz CT molecular complexity index is 965. The summed E-state index contributed by atoms with van der Waals surface area (Å²) in [6.07, 6.45) is 3.45. The number of benzene rings is 1. The van der Waals surface area contributed by atoms with E-state index in [2.05, 4.69) is 39.0 Å². The standard InChI is InChI=1S/C22H24ClN5OS/c1-3-28(4-2)20-12-19(23)26-22(27-20)30-15-16-7-9-18(10-8-16)21(29)25-14-17-6-5-11-24-13-17/h5-13H,3-4,14-15H2,1-2H3,(H,25,29). The van der Waals surface area contributed by atoms with E-state index in [1.165, 1.54) is 11.8 Å². The Hall–Kier alpha value is -2.64. The van der Waals surface area contributed by atoms with Crippen LogP contribution in [0.2, 0.25) is 5.15 Å². The summed E-state index contributed by atoms with van der Waals surface area (Å²) in [6, 6.07) is 13.1. The zero-order valence-corrected chi connectivity index (χ0v) is 18.6. The minimum absolute atomic E-state index is 0.111. The van der Waals surface area contributed by atoms with Crippen molar-refractivity contribution in [2.75, 3.05) is 18.0 Å². The lowest BCUT2D eigenvalue weighted by molar-refractivity contribution is 0.0951. The molecule has 3 rings (SSSR count). The number of nitrogens with zero attached hydrogens (tertiary/aromatic N) is 4. The summed E-state index contributed by atoms with van der Waals surface area (Å²) in [4.78, 5) is 27.4. The molecule has 0 bridgehead atoms. The molecule has 0 unspecified atom stereocenters. The lowest BCUT2D eigenvalue weighted by atomic mass is 10.1. The van der Waals surface area contributed by atoms with Crippen LogP contribution in [-0.4, -0.2) is 33.9 Å². The second-order valence-corrected chi connectivity index (χ2v) is 7.86. The van der Waals surface area contributed by atoms with Gasteiger partial charge in [-0.05, 0) is 43.2 Å². The third kappa shape index (κ3) is 6.18. The van der Waals surface area contributed by atoms with Gasteiger partial charge in [-0.3, -0.25) is 9.78 Å². The molecular formula is C22H24ClN5OS. The Labute approximate surface area is 186 Å². The van der Waals surface area contributed by atoms with Gasteiger partial charge in [0.2, 0.25) is 0 Å². The zero-order chi connectivity index (χ0) is 21.3. The predicted octanol–water partition coefficient (Wildman–Crippen LogP) is 4.59. The third-order valence-corrected chi connectivity index (χ3v) is 5.62. The average molecular weight is 442 g/mol. The van der Waals surface area contributed by atoms with Crippen molar-refractivity contribution < 1.29 is 4.79 Å². The highest BCUT2D eigenvalue weighted by molar-refractivity contribution is 7.98. The van der Waals surface area contributed by atoms with Crippen LogP contribution in [0, 0.1) is 0 Å². The van der Waals surface area contributed by atoms with Crippen molar-refractivity contribution in [3.63, 3.8) is 0 Å². The second-order valence-electron chi connectivity index (χ2n) is 6.53. The summed E-state index contributed by atoms with van der Waals surface area (Å²) in [6.45, 7) is 6.34. The molecule has 3 aromatic rings. The van der Waals surface area contributed by atoms with Gasteiger partial charge in [0.15, 0.2) is 5.16 Å². The molecule has 2 aromatic heterocycles. The van der Waals surface area contributed by atoms with Crippen LogP contribution in [0.4, 0.5) is 5.82 Å². The maximum Gasteiger partial charge on any atom is 0.251 e. The Kier molecular flexibility index (Phi) is 8.04. The summed E-state index contributed by atoms with van der Waals surface area (Å²) in [7, 11) is 0. The largest absolute Gasteiger partial charge is 0.357 e. The molecule has 156 valence electrons. The van der Waals surface area contributed by atoms with E-state index < -0.39 is 0 Å². The minimum Gasteiger partial charge on any atom is -0.357 e. The number of carbonyl (C=O) groups excluding carboxylic acids is 1. The van der Waals surface area contributed by atoms with Crippen LogP contribution in [0.5, 0.6) is 0 Å². The molecule has 1 amide bonds. The number of hydrogen-bond donors (Lipinski definition) is 1. The molecule has 1 N–H and O–H groups in total. The predicted molar refractivity (Wildman–Crippen MR) is 122 cm³/mol. The molecule has 0 atom stereocenters. The van der Waals surface area contributed by atoms with Crippen LogP contribution in [0.15, 0.2) is 60.0 Å². The van der Waals surface area contributed by atoms with E-state index in [9.17, 15) is 4.79 Å². The Balaban J connectivity index is 1.57. The first kappa shape index (κ1) is 22.1. The summed E-state index contributed by atoms with van der Waals surface area (Å²) in [5, 5.41) is 3.98. The van der Waals surface area contributed by atoms with Gasteiger partial charge in [0, 0.05) is 49.4 Å². The quantitative estimate of drug-likeness (QED) is 0.297. The fraction of sp³-hybridized carbons (Fsp3) is 0.273. The van der Waals surface area contributed by atoms with E-state index in [1.54, 1.807) is 18.5 Å². The summed E-state index contributed by atoms with van der Waals surface area (Å²) < 4.78 is 0. The van der Waals surface area contributed by atoms with E-state index in [0.29, 0.717) is 28.2 Å². The van der Waals surface area contributed by atoms with Gasteiger partial charge in [-0.25, -0.2) is 9.97 Å². The SMILES string of the molecule is CCN(CC)c1cc(Cl)nc(SCc2ccc(C(=O)NCc3cccnc3)cc2)n1. The zero-order valence-electron chi connectivity index (χ0n) is 17.0. The molecule has 30 heavy (non-hydrogen) atoms. The summed E-state index contributed by atoms with van der Waals surface area (Å²) in [5.41, 5.74) is 2.66. The van der Waals surface area contributed by atoms with E-state index in [-0.39, 0.29) is 5.91 Å². The minimum atomic E-state index is -0.111. The number of thioether (sulfide) groups is 1. The fourth-order valence-electron chi connectivity index (χ4n) is 2.85. The molecule has 0 aliphatic heterocycles. The van der Waals surface area contributed by atoms with Crippen molar-refractivity contribution in [3.05, 3.63) is 76.7 Å². The van der Waals surface area contributed by atoms with Crippen molar-refractivity contribution in [3.8, 4) is 0 Å². The number of nitrogens with one attached hydrogen (secondary N) is 1. The summed E-state index contributed by atoms with van der Waals surface area (Å²) >= 11 is 7.70. The van der Waals surface area contributed by atoms with Gasteiger partial charge in [-0.1, -0.05) is 41.6 Å². The average Bonchev–Trinajstić information content (AvgIpc) is 2.78. The van der Waals surface area contributed by atoms with Crippen LogP contribution in [0.1, 0.15) is 35.3 Å². The van der Waals surface area contributed by atoms with Crippen molar-refractivity contribution in [2.24, 2.45) is 0 Å². The highest BCUT2D eigenvalue weighted by Crippen LogP contribution is 2.24. The van der Waals surface area contributed by atoms with Gasteiger partial charge in [0.05, 0.1) is 0 Å². The number of aromatic nitrogens is 3. The Morgan fingerprint density at radius 2 is 1.87 bits per heavy atom. The molecule has 6 nitrogen and oxygen atoms in total. The number of hydrogen-bond acceptors (Lipinski definition) is 6. The highest BCUT2D eigenvalue weighted by Gasteiger charge is 2.10. The third-order valence-electron chi connectivity index (χ3n) is 4.51. The molecule has 0 radical (unpaired) electrons. The van der Waals surface area contributed by atoms with Crippen LogP contribution in [-0.2, 0) is 12.3 Å². The lowest BCUT2D eigenvalue weighted by Gasteiger charge is -2.20. The van der Waals surface area contributed by atoms with Crippen LogP contribution in [0.3, 0.4) is 0 Å². The van der Waals surface area contributed by atoms with Crippen LogP contribution in [0.25, 0.3) is 0 Å². The van der Waals surface area contributed by atoms with Gasteiger partial charge in [0.1, 0.15) is 11.0 Å². The molecular weight excluding hydrogens is 418 g/mol. The highest BCUT2D eigenvalue weighted by atomic mass is 35.5. The van der Waals surface area contributed by atoms with E-state index in [4.69, 9.17) is 11.6 Å². The van der Waals surface area contributed by atoms with E-state index in [0.717, 1.165) is 30.0 Å². The van der Waals surface area contributed by atoms with E-state index >= 15 is 0 Å². The van der Waals surface area contributed by atoms with Crippen molar-refractivity contribution in [1.82, 2.24) is 20.3 Å². The number of rotatable bonds is 9. The lowest BCUT2D eigenvalue weighted by Crippen LogP contribution is -2.23. The molecule has 0 aliphatic rings. The smallest absolute Gasteiger partial charge is 0.251 e. The normalized spacial score (nSPS) is 10.6. The second kappa shape index (κ2) is 10.9. The van der Waals surface area contributed by atoms with Gasteiger partial charge in [-0.15, -0.1) is 0 Å². The number of pyridine rings is 1. The molecule has 0 aliphatic carbocycles. The maximum absolute atomic E-state index is 12.3. The fourth-order valence-corrected chi connectivity index (χ4v) is 3.88. The first-order chi connectivity index (χ1) is 14.6. The number of anilines is 1. The van der Waals surface area contributed by atoms with Gasteiger partial charge in [-0.2, -0.15) is 0 Å². The van der Waals surface area contributed by atoms with Crippen LogP contribution >= 0.6 is 23.4 Å². The van der Waals surface area contributed by atoms with Crippen molar-refractivity contribution >= 4 is 35.1 Å². The molecule has 2 heterocycles. The maximum atomic E-state index is 12.3. The van der Waals surface area contributed by atoms with E-state index in [1.807, 2.05) is 36.4 Å². The summed E-state index contributed by atoms with van der Waals surface area (Å²) in [5.74, 6) is 1.42. The molecule has 0 fully saturated rings. The van der Waals surface area contributed by atoms with Crippen molar-refractivity contribution in [2.45, 2.75) is 31.3 Å². The molecule has 8 heteroatoms.